The minimum absolute atomic E-state index is 0.0244. The average Bonchev–Trinajstić information content (AvgIpc) is 3.19. The summed E-state index contributed by atoms with van der Waals surface area (Å²) in [4.78, 5) is 26.4. The van der Waals surface area contributed by atoms with E-state index >= 15 is 0 Å². The number of anilines is 1. The van der Waals surface area contributed by atoms with E-state index in [1.807, 2.05) is 61.5 Å². The maximum absolute atomic E-state index is 12.3. The van der Waals surface area contributed by atoms with Gasteiger partial charge in [0.1, 0.15) is 0 Å². The number of hydrogen-bond acceptors (Lipinski definition) is 4. The molecule has 2 atom stereocenters. The Labute approximate surface area is 165 Å². The van der Waals surface area contributed by atoms with Crippen molar-refractivity contribution in [3.05, 3.63) is 65.7 Å². The molecule has 1 saturated heterocycles. The fourth-order valence-corrected chi connectivity index (χ4v) is 3.21. The summed E-state index contributed by atoms with van der Waals surface area (Å²) in [5.74, 6) is 0.0854. The number of benzene rings is 2. The molecule has 0 bridgehead atoms. The van der Waals surface area contributed by atoms with E-state index < -0.39 is 0 Å². The molecule has 2 amide bonds. The Kier molecular flexibility index (Phi) is 6.66. The zero-order chi connectivity index (χ0) is 19.9. The van der Waals surface area contributed by atoms with Crippen molar-refractivity contribution in [2.75, 3.05) is 38.7 Å². The van der Waals surface area contributed by atoms with Crippen molar-refractivity contribution in [1.82, 2.24) is 10.6 Å². The Hall–Kier alpha value is -2.86. The van der Waals surface area contributed by atoms with Crippen molar-refractivity contribution < 1.29 is 14.3 Å². The van der Waals surface area contributed by atoms with E-state index in [1.165, 1.54) is 0 Å². The number of nitrogens with one attached hydrogen (secondary N) is 2. The van der Waals surface area contributed by atoms with Gasteiger partial charge in [-0.3, -0.25) is 9.59 Å². The van der Waals surface area contributed by atoms with Gasteiger partial charge in [-0.2, -0.15) is 0 Å². The second-order valence-corrected chi connectivity index (χ2v) is 7.28. The van der Waals surface area contributed by atoms with Crippen molar-refractivity contribution >= 4 is 17.5 Å². The van der Waals surface area contributed by atoms with Crippen LogP contribution in [0.4, 0.5) is 5.69 Å². The van der Waals surface area contributed by atoms with Crippen LogP contribution in [0.3, 0.4) is 0 Å². The maximum Gasteiger partial charge on any atom is 0.251 e. The summed E-state index contributed by atoms with van der Waals surface area (Å²) in [6.07, 6.45) is 0.790. The number of amides is 2. The highest BCUT2D eigenvalue weighted by molar-refractivity contribution is 5.94. The number of carbonyl (C=O) groups excluding carboxylic acids is 2. The third-order valence-corrected chi connectivity index (χ3v) is 4.89. The third-order valence-electron chi connectivity index (χ3n) is 4.89. The zero-order valence-electron chi connectivity index (χ0n) is 16.4. The van der Waals surface area contributed by atoms with Crippen LogP contribution in [-0.2, 0) is 4.74 Å². The lowest BCUT2D eigenvalue weighted by atomic mass is 10.1. The van der Waals surface area contributed by atoms with Crippen LogP contribution < -0.4 is 15.5 Å². The van der Waals surface area contributed by atoms with Crippen molar-refractivity contribution in [3.63, 3.8) is 0 Å². The average molecular weight is 381 g/mol. The van der Waals surface area contributed by atoms with Gasteiger partial charge in [-0.25, -0.2) is 0 Å². The van der Waals surface area contributed by atoms with Crippen LogP contribution in [-0.4, -0.2) is 51.7 Å². The Morgan fingerprint density at radius 1 is 0.929 bits per heavy atom. The Balaban J connectivity index is 1.39. The molecule has 1 aliphatic rings. The van der Waals surface area contributed by atoms with Gasteiger partial charge in [0.25, 0.3) is 11.8 Å². The number of ether oxygens (including phenoxy) is 1. The first-order chi connectivity index (χ1) is 13.5. The third kappa shape index (κ3) is 5.33. The molecule has 1 fully saturated rings. The highest BCUT2D eigenvalue weighted by atomic mass is 16.5. The van der Waals surface area contributed by atoms with Gasteiger partial charge in [0.2, 0.25) is 0 Å². The second kappa shape index (κ2) is 9.37. The molecule has 2 aromatic carbocycles. The standard InChI is InChI=1S/C22H27N3O3/c1-25(2)19-10-8-18(9-11-19)22(27)24-14-20-12-16(15-28-20)13-23-21(26)17-6-4-3-5-7-17/h3-11,16,20H,12-15H2,1-2H3,(H,23,26)(H,24,27)/t16-,20+/m1/s1. The number of hydrogen-bond donors (Lipinski definition) is 2. The molecule has 0 saturated carbocycles. The highest BCUT2D eigenvalue weighted by Crippen LogP contribution is 2.19. The molecule has 1 heterocycles. The summed E-state index contributed by atoms with van der Waals surface area (Å²) in [6, 6.07) is 16.7. The first kappa shape index (κ1) is 19.9. The van der Waals surface area contributed by atoms with Gasteiger partial charge in [0.05, 0.1) is 12.7 Å². The van der Waals surface area contributed by atoms with Crippen molar-refractivity contribution in [2.45, 2.75) is 12.5 Å². The SMILES string of the molecule is CN(C)c1ccc(C(=O)NC[C@@H]2C[C@H](CNC(=O)c3ccccc3)CO2)cc1. The molecule has 0 radical (unpaired) electrons. The van der Waals surface area contributed by atoms with E-state index in [-0.39, 0.29) is 23.8 Å². The molecule has 0 spiro atoms. The smallest absolute Gasteiger partial charge is 0.251 e. The van der Waals surface area contributed by atoms with E-state index in [1.54, 1.807) is 12.1 Å². The van der Waals surface area contributed by atoms with Gasteiger partial charge in [0.15, 0.2) is 0 Å². The van der Waals surface area contributed by atoms with E-state index in [0.29, 0.717) is 30.8 Å². The van der Waals surface area contributed by atoms with Crippen molar-refractivity contribution in [3.8, 4) is 0 Å². The molecule has 28 heavy (non-hydrogen) atoms. The van der Waals surface area contributed by atoms with Crippen LogP contribution in [0.2, 0.25) is 0 Å². The molecule has 6 nitrogen and oxygen atoms in total. The maximum atomic E-state index is 12.3. The summed E-state index contributed by atoms with van der Waals surface area (Å²) in [5.41, 5.74) is 2.34. The van der Waals surface area contributed by atoms with E-state index in [0.717, 1.165) is 12.1 Å². The predicted molar refractivity (Wildman–Crippen MR) is 110 cm³/mol. The van der Waals surface area contributed by atoms with Crippen LogP contribution in [0.25, 0.3) is 0 Å². The Bertz CT molecular complexity index is 790. The summed E-state index contributed by atoms with van der Waals surface area (Å²) in [7, 11) is 3.93. The molecular weight excluding hydrogens is 354 g/mol. The van der Waals surface area contributed by atoms with E-state index in [4.69, 9.17) is 4.74 Å². The lowest BCUT2D eigenvalue weighted by Crippen LogP contribution is -2.32. The molecule has 6 heteroatoms. The quantitative estimate of drug-likeness (QED) is 0.772. The summed E-state index contributed by atoms with van der Waals surface area (Å²) >= 11 is 0. The monoisotopic (exact) mass is 381 g/mol. The molecule has 1 aliphatic heterocycles. The zero-order valence-corrected chi connectivity index (χ0v) is 16.4. The van der Waals surface area contributed by atoms with Crippen LogP contribution in [0.5, 0.6) is 0 Å². The van der Waals surface area contributed by atoms with Gasteiger partial charge < -0.3 is 20.3 Å². The number of carbonyl (C=O) groups is 2. The fourth-order valence-electron chi connectivity index (χ4n) is 3.21. The molecule has 0 aromatic heterocycles. The topological polar surface area (TPSA) is 70.7 Å². The lowest BCUT2D eigenvalue weighted by molar-refractivity contribution is 0.0843. The summed E-state index contributed by atoms with van der Waals surface area (Å²) in [6.45, 7) is 1.63. The van der Waals surface area contributed by atoms with Crippen LogP contribution in [0, 0.1) is 5.92 Å². The normalized spacial score (nSPS) is 18.5. The van der Waals surface area contributed by atoms with Crippen molar-refractivity contribution in [2.24, 2.45) is 5.92 Å². The van der Waals surface area contributed by atoms with Crippen LogP contribution >= 0.6 is 0 Å². The van der Waals surface area contributed by atoms with Gasteiger partial charge in [-0.1, -0.05) is 18.2 Å². The first-order valence-electron chi connectivity index (χ1n) is 9.53. The molecular formula is C22H27N3O3. The summed E-state index contributed by atoms with van der Waals surface area (Å²) < 4.78 is 5.77. The molecule has 2 N–H and O–H groups in total. The van der Waals surface area contributed by atoms with Gasteiger partial charge in [-0.15, -0.1) is 0 Å². The lowest BCUT2D eigenvalue weighted by Gasteiger charge is -2.14. The Morgan fingerprint density at radius 3 is 2.18 bits per heavy atom. The first-order valence-corrected chi connectivity index (χ1v) is 9.53. The van der Waals surface area contributed by atoms with E-state index in [9.17, 15) is 9.59 Å². The minimum atomic E-state index is -0.102. The second-order valence-electron chi connectivity index (χ2n) is 7.28. The van der Waals surface area contributed by atoms with Gasteiger partial charge in [0, 0.05) is 49.9 Å². The fraction of sp³-hybridized carbons (Fsp3) is 0.364. The molecule has 2 aromatic rings. The van der Waals surface area contributed by atoms with Gasteiger partial charge in [-0.05, 0) is 42.8 Å². The summed E-state index contributed by atoms with van der Waals surface area (Å²) in [5, 5.41) is 5.89. The largest absolute Gasteiger partial charge is 0.378 e. The Morgan fingerprint density at radius 2 is 1.54 bits per heavy atom. The van der Waals surface area contributed by atoms with E-state index in [2.05, 4.69) is 10.6 Å². The van der Waals surface area contributed by atoms with Crippen LogP contribution in [0.1, 0.15) is 27.1 Å². The highest BCUT2D eigenvalue weighted by Gasteiger charge is 2.26. The predicted octanol–water partition coefficient (Wildman–Crippen LogP) is 2.32. The minimum Gasteiger partial charge on any atom is -0.378 e. The number of nitrogens with zero attached hydrogens (tertiary/aromatic N) is 1. The molecule has 148 valence electrons. The molecule has 0 unspecified atom stereocenters. The van der Waals surface area contributed by atoms with Crippen LogP contribution in [0.15, 0.2) is 54.6 Å². The van der Waals surface area contributed by atoms with Crippen molar-refractivity contribution in [1.29, 1.82) is 0 Å². The van der Waals surface area contributed by atoms with Gasteiger partial charge >= 0.3 is 0 Å². The molecule has 3 rings (SSSR count). The molecule has 0 aliphatic carbocycles. The number of rotatable bonds is 7.